The van der Waals surface area contributed by atoms with E-state index in [1.807, 2.05) is 0 Å². The minimum atomic E-state index is -2.21. The summed E-state index contributed by atoms with van der Waals surface area (Å²) in [5.74, 6) is 0. The highest BCUT2D eigenvalue weighted by Crippen LogP contribution is 2.39. The number of rotatable bonds is 15. The third-order valence-electron chi connectivity index (χ3n) is 16.0. The van der Waals surface area contributed by atoms with Crippen molar-refractivity contribution in [3.63, 3.8) is 0 Å². The molecule has 85 heavy (non-hydrogen) atoms. The summed E-state index contributed by atoms with van der Waals surface area (Å²) in [5, 5.41) is 232. The number of nitrogens with two attached hydrogens (primary N) is 1. The number of nitrogens with one attached hydrogen (secondary N) is 3. The van der Waals surface area contributed by atoms with Crippen LogP contribution in [0.25, 0.3) is 0 Å². The van der Waals surface area contributed by atoms with Gasteiger partial charge in [0.15, 0.2) is 44.0 Å². The Kier molecular flexibility index (Phi) is 25.5. The van der Waals surface area contributed by atoms with Crippen LogP contribution in [0.5, 0.6) is 0 Å². The standard InChI is InChI=1S/C47H84N4O34/c48-1-2-49-3-4-50-5-6-51-40-39-25(64)32(71)47(85-40)83-38-18(12-57)76-45(30(69)23(38)62)81-36-16(10-55)74-43(28(67)21(36)60)79-34-14(8-53)72-41(26(65)19(34)58)78-33-13(7-52)73-42(27(66)20(33)59)80-35-15(9-54)75-44(29(68)22(35)61)82-37-17(11-56)77-46(84-39)31(70)24(37)63/h13-47,49-71H,1-12,48H2/t13-,14-,15-,16-,17-,18-,19-,20-,21-,22-,23-,24-,25-,26-,27-,28-,29-,30-,31-,32-,33-,34-,35-,36-,37-,38-,39+,40-,41-,42-,43-,44-,45-,46-,47-/m1/s1. The molecule has 35 atom stereocenters. The normalized spacial score (nSPS) is 51.3. The molecule has 21 saturated heterocycles. The van der Waals surface area contributed by atoms with Crippen molar-refractivity contribution >= 4 is 0 Å². The zero-order valence-corrected chi connectivity index (χ0v) is 45.4. The molecule has 21 aliphatic heterocycles. The fourth-order valence-electron chi connectivity index (χ4n) is 11.2. The highest BCUT2D eigenvalue weighted by atomic mass is 16.8. The van der Waals surface area contributed by atoms with Crippen molar-refractivity contribution < 1.29 is 168 Å². The Balaban J connectivity index is 1.08. The summed E-state index contributed by atoms with van der Waals surface area (Å²) >= 11 is 0. The van der Waals surface area contributed by atoms with E-state index in [4.69, 9.17) is 72.0 Å². The zero-order valence-electron chi connectivity index (χ0n) is 45.4. The second-order valence-corrected chi connectivity index (χ2v) is 21.6. The quantitative estimate of drug-likeness (QED) is 0.0677. The maximum Gasteiger partial charge on any atom is 0.188 e. The largest absolute Gasteiger partial charge is 0.394 e. The molecule has 0 aliphatic carbocycles. The van der Waals surface area contributed by atoms with E-state index in [1.165, 1.54) is 0 Å². The molecule has 0 amide bonds. The lowest BCUT2D eigenvalue weighted by Gasteiger charge is -2.50. The lowest BCUT2D eigenvalue weighted by Crippen LogP contribution is -2.69. The van der Waals surface area contributed by atoms with E-state index in [-0.39, 0.29) is 13.1 Å². The van der Waals surface area contributed by atoms with E-state index >= 15 is 0 Å². The van der Waals surface area contributed by atoms with Gasteiger partial charge < -0.3 is 185 Å². The van der Waals surface area contributed by atoms with Crippen molar-refractivity contribution in [2.75, 3.05) is 78.9 Å². The van der Waals surface area contributed by atoms with Crippen molar-refractivity contribution in [3.05, 3.63) is 0 Å². The topological polar surface area (TPSA) is 596 Å². The SMILES string of the molecule is NCCNCCNCCN[C@@H]1O[C@H]2O[C@H]3[C@H](O)[C@@H](O)[C@@H](O[C@H]4[C@H](O)[C@@H](O)[C@@H](O[C@H]5[C@H](O)[C@@H](O)[C@@H](O[C@H]6[C@H](O)[C@@H](O)[C@@H](O[C@H]7[C@H](O)[C@@H](O)[C@@H](O[C@H]8[C@H](O)[C@@H](O)[C@@H](O[C@H]1[C@H](O)[C@H]2O)O[C@@H]8CO)O[C@@H]7CO)O[C@@H]6CO)O[C@@H]5CO)O[C@@H]4CO)O[C@@H]3CO. The van der Waals surface area contributed by atoms with Crippen molar-refractivity contribution in [2.45, 2.75) is 215 Å². The van der Waals surface area contributed by atoms with E-state index in [0.29, 0.717) is 26.2 Å². The molecule has 496 valence electrons. The first-order valence-corrected chi connectivity index (χ1v) is 27.9. The van der Waals surface area contributed by atoms with Gasteiger partial charge >= 0.3 is 0 Å². The zero-order chi connectivity index (χ0) is 61.7. The van der Waals surface area contributed by atoms with Gasteiger partial charge in [0, 0.05) is 39.3 Å². The summed E-state index contributed by atoms with van der Waals surface area (Å²) in [4.78, 5) is 0. The number of hydrogen-bond donors (Lipinski definition) is 24. The summed E-state index contributed by atoms with van der Waals surface area (Å²) < 4.78 is 81.1. The first-order chi connectivity index (χ1) is 40.7. The highest BCUT2D eigenvalue weighted by Gasteiger charge is 2.59. The number of aliphatic hydroxyl groups excluding tert-OH is 20. The van der Waals surface area contributed by atoms with Crippen LogP contribution in [0.15, 0.2) is 0 Å². The second kappa shape index (κ2) is 31.2. The Labute approximate surface area is 483 Å². The Morgan fingerprint density at radius 3 is 0.671 bits per heavy atom. The van der Waals surface area contributed by atoms with Crippen LogP contribution in [0.2, 0.25) is 0 Å². The fourth-order valence-corrected chi connectivity index (χ4v) is 11.2. The van der Waals surface area contributed by atoms with Gasteiger partial charge in [-0.1, -0.05) is 0 Å². The summed E-state index contributed by atoms with van der Waals surface area (Å²) in [5.41, 5.74) is 5.53. The van der Waals surface area contributed by atoms with Gasteiger partial charge in [0.2, 0.25) is 0 Å². The van der Waals surface area contributed by atoms with Crippen LogP contribution in [0.1, 0.15) is 0 Å². The third kappa shape index (κ3) is 15.0. The summed E-state index contributed by atoms with van der Waals surface area (Å²) in [7, 11) is 0. The van der Waals surface area contributed by atoms with Crippen molar-refractivity contribution in [3.8, 4) is 0 Å². The Morgan fingerprint density at radius 1 is 0.235 bits per heavy atom. The Hall–Kier alpha value is -1.52. The minimum Gasteiger partial charge on any atom is -0.394 e. The molecule has 21 fully saturated rings. The Morgan fingerprint density at radius 2 is 0.435 bits per heavy atom. The van der Waals surface area contributed by atoms with Crippen LogP contribution in [0.3, 0.4) is 0 Å². The maximum absolute atomic E-state index is 11.7. The predicted molar refractivity (Wildman–Crippen MR) is 264 cm³/mol. The molecule has 21 rings (SSSR count). The highest BCUT2D eigenvalue weighted by molar-refractivity contribution is 5.01. The molecule has 0 radical (unpaired) electrons. The monoisotopic (exact) mass is 1250 g/mol. The average molecular weight is 1250 g/mol. The van der Waals surface area contributed by atoms with E-state index in [1.54, 1.807) is 0 Å². The molecule has 21 aliphatic rings. The molecule has 38 heteroatoms. The smallest absolute Gasteiger partial charge is 0.188 e. The Bertz CT molecular complexity index is 1980. The van der Waals surface area contributed by atoms with Crippen LogP contribution >= 0.6 is 0 Å². The molecular formula is C47H84N4O34. The molecule has 0 aromatic carbocycles. The van der Waals surface area contributed by atoms with Crippen molar-refractivity contribution in [1.82, 2.24) is 16.0 Å². The average Bonchev–Trinajstić information content (AvgIpc) is 2.48. The van der Waals surface area contributed by atoms with Gasteiger partial charge in [-0.25, -0.2) is 0 Å². The molecule has 0 aromatic heterocycles. The number of hydrogen-bond acceptors (Lipinski definition) is 38. The van der Waals surface area contributed by atoms with E-state index in [2.05, 4.69) is 16.0 Å². The van der Waals surface area contributed by atoms with Gasteiger partial charge in [0.1, 0.15) is 171 Å². The lowest BCUT2D eigenvalue weighted by molar-refractivity contribution is -0.397. The van der Waals surface area contributed by atoms with Gasteiger partial charge in [0.05, 0.1) is 39.6 Å². The first kappa shape index (κ1) is 69.4. The van der Waals surface area contributed by atoms with Gasteiger partial charge in [-0.15, -0.1) is 0 Å². The van der Waals surface area contributed by atoms with Crippen LogP contribution in [0, 0.1) is 0 Å². The second-order valence-electron chi connectivity index (χ2n) is 21.6. The first-order valence-electron chi connectivity index (χ1n) is 27.9. The van der Waals surface area contributed by atoms with E-state index < -0.39 is 255 Å². The van der Waals surface area contributed by atoms with Crippen molar-refractivity contribution in [2.24, 2.45) is 5.73 Å². The van der Waals surface area contributed by atoms with Crippen LogP contribution in [0.4, 0.5) is 0 Å². The molecule has 0 spiro atoms. The van der Waals surface area contributed by atoms with Gasteiger partial charge in [-0.2, -0.15) is 0 Å². The molecule has 21 heterocycles. The van der Waals surface area contributed by atoms with E-state index in [0.717, 1.165) is 0 Å². The molecular weight excluding hydrogens is 1160 g/mol. The van der Waals surface area contributed by atoms with Gasteiger partial charge in [-0.05, 0) is 0 Å². The predicted octanol–water partition coefficient (Wildman–Crippen LogP) is -16.5. The van der Waals surface area contributed by atoms with Crippen LogP contribution in [-0.4, -0.2) is 396 Å². The van der Waals surface area contributed by atoms with E-state index in [9.17, 15) is 102 Å². The van der Waals surface area contributed by atoms with Gasteiger partial charge in [-0.3, -0.25) is 5.32 Å². The minimum absolute atomic E-state index is 0.0108. The molecule has 0 unspecified atom stereocenters. The molecule has 14 bridgehead atoms. The number of ether oxygens (including phenoxy) is 14. The molecule has 0 aromatic rings. The third-order valence-corrected chi connectivity index (χ3v) is 16.0. The fraction of sp³-hybridized carbons (Fsp3) is 1.00. The van der Waals surface area contributed by atoms with Crippen LogP contribution in [-0.2, 0) is 66.3 Å². The molecule has 38 nitrogen and oxygen atoms in total. The summed E-state index contributed by atoms with van der Waals surface area (Å²) in [6.45, 7) is -4.10. The van der Waals surface area contributed by atoms with Crippen molar-refractivity contribution in [1.29, 1.82) is 0 Å². The summed E-state index contributed by atoms with van der Waals surface area (Å²) in [6, 6.07) is 0. The lowest BCUT2D eigenvalue weighted by atomic mass is 9.95. The molecule has 25 N–H and O–H groups in total. The molecule has 0 saturated carbocycles. The maximum atomic E-state index is 11.7. The summed E-state index contributed by atoms with van der Waals surface area (Å²) in [6.07, 6.45) is -69.7. The number of aliphatic hydroxyl groups is 20. The van der Waals surface area contributed by atoms with Crippen LogP contribution < -0.4 is 21.7 Å². The van der Waals surface area contributed by atoms with Gasteiger partial charge in [0.25, 0.3) is 0 Å².